The van der Waals surface area contributed by atoms with Gasteiger partial charge in [-0.2, -0.15) is 5.26 Å². The summed E-state index contributed by atoms with van der Waals surface area (Å²) in [7, 11) is 0. The quantitative estimate of drug-likeness (QED) is 0.189. The first-order chi connectivity index (χ1) is 5.22. The van der Waals surface area contributed by atoms with Crippen LogP contribution in [0, 0.1) is 11.3 Å². The van der Waals surface area contributed by atoms with Crippen LogP contribution in [-0.4, -0.2) is 29.8 Å². The zero-order valence-corrected chi connectivity index (χ0v) is 6.16. The second-order valence-electron chi connectivity index (χ2n) is 1.86. The highest BCUT2D eigenvalue weighted by Crippen LogP contribution is 1.77. The van der Waals surface area contributed by atoms with Crippen LogP contribution in [0.4, 0.5) is 0 Å². The van der Waals surface area contributed by atoms with E-state index in [2.05, 4.69) is 10.5 Å². The summed E-state index contributed by atoms with van der Waals surface area (Å²) in [5, 5.41) is 21.7. The third-order valence-electron chi connectivity index (χ3n) is 1.02. The Kier molecular flexibility index (Phi) is 4.69. The highest BCUT2D eigenvalue weighted by Gasteiger charge is 2.04. The minimum atomic E-state index is -0.307. The molecule has 0 unspecified atom stereocenters. The fourth-order valence-electron chi connectivity index (χ4n) is 0.467. The molecule has 0 amide bonds. The molecule has 0 radical (unpaired) electrons. The Hall–Kier alpha value is -1.41. The highest BCUT2D eigenvalue weighted by atomic mass is 16.4. The van der Waals surface area contributed by atoms with Crippen molar-refractivity contribution < 1.29 is 10.0 Å². The van der Waals surface area contributed by atoms with Crippen molar-refractivity contribution in [2.45, 2.75) is 6.92 Å². The molecule has 0 saturated heterocycles. The standard InChI is InChI=1S/C6H9N3O2/c1-5(10)6(9-11)4-8-3-2-7/h8,11H,3-4H2,1H3/b9-6-. The molecule has 0 aromatic heterocycles. The molecule has 2 N–H and O–H groups in total. The second-order valence-corrected chi connectivity index (χ2v) is 1.86. The molecule has 0 aromatic carbocycles. The van der Waals surface area contributed by atoms with Crippen molar-refractivity contribution in [2.75, 3.05) is 13.1 Å². The van der Waals surface area contributed by atoms with Crippen molar-refractivity contribution in [3.05, 3.63) is 0 Å². The van der Waals surface area contributed by atoms with E-state index >= 15 is 0 Å². The number of nitrogens with one attached hydrogen (secondary N) is 1. The molecule has 0 spiro atoms. The molecular formula is C6H9N3O2. The molecule has 0 aliphatic rings. The third kappa shape index (κ3) is 4.06. The van der Waals surface area contributed by atoms with Crippen molar-refractivity contribution in [2.24, 2.45) is 5.16 Å². The van der Waals surface area contributed by atoms with E-state index in [-0.39, 0.29) is 24.6 Å². The minimum Gasteiger partial charge on any atom is -0.411 e. The molecule has 0 rings (SSSR count). The molecule has 0 atom stereocenters. The van der Waals surface area contributed by atoms with Gasteiger partial charge in [-0.3, -0.25) is 10.1 Å². The number of nitrogens with zero attached hydrogens (tertiary/aromatic N) is 2. The van der Waals surface area contributed by atoms with Gasteiger partial charge in [-0.25, -0.2) is 0 Å². The van der Waals surface area contributed by atoms with Crippen LogP contribution < -0.4 is 5.32 Å². The lowest BCUT2D eigenvalue weighted by Crippen LogP contribution is -2.27. The summed E-state index contributed by atoms with van der Waals surface area (Å²) in [6, 6.07) is 1.83. The lowest BCUT2D eigenvalue weighted by Gasteiger charge is -1.97. The van der Waals surface area contributed by atoms with Crippen molar-refractivity contribution in [1.29, 1.82) is 5.26 Å². The number of carbonyl (C=O) groups excluding carboxylic acids is 1. The minimum absolute atomic E-state index is 0.0280. The van der Waals surface area contributed by atoms with Crippen LogP contribution in [0.5, 0.6) is 0 Å². The molecule has 5 nitrogen and oxygen atoms in total. The number of Topliss-reactive ketones (excluding diaryl/α,β-unsaturated/α-hetero) is 1. The maximum Gasteiger partial charge on any atom is 0.178 e. The van der Waals surface area contributed by atoms with Gasteiger partial charge >= 0.3 is 0 Å². The summed E-state index contributed by atoms with van der Waals surface area (Å²) in [5.74, 6) is -0.307. The molecule has 0 heterocycles. The summed E-state index contributed by atoms with van der Waals surface area (Å²) in [5.41, 5.74) is 0.0280. The van der Waals surface area contributed by atoms with Crippen LogP contribution in [0.2, 0.25) is 0 Å². The summed E-state index contributed by atoms with van der Waals surface area (Å²) >= 11 is 0. The van der Waals surface area contributed by atoms with E-state index in [9.17, 15) is 4.79 Å². The number of hydrogen-bond donors (Lipinski definition) is 2. The van der Waals surface area contributed by atoms with Crippen LogP contribution in [-0.2, 0) is 4.79 Å². The van der Waals surface area contributed by atoms with Gasteiger partial charge in [0.25, 0.3) is 0 Å². The monoisotopic (exact) mass is 155 g/mol. The number of hydrogen-bond acceptors (Lipinski definition) is 5. The Balaban J connectivity index is 3.75. The van der Waals surface area contributed by atoms with Gasteiger partial charge in [0.15, 0.2) is 5.78 Å². The number of ketones is 1. The molecule has 60 valence electrons. The van der Waals surface area contributed by atoms with Gasteiger partial charge in [0.2, 0.25) is 0 Å². The van der Waals surface area contributed by atoms with E-state index in [4.69, 9.17) is 10.5 Å². The van der Waals surface area contributed by atoms with Gasteiger partial charge in [0, 0.05) is 13.5 Å². The second kappa shape index (κ2) is 5.38. The van der Waals surface area contributed by atoms with Crippen LogP contribution in [0.25, 0.3) is 0 Å². The number of carbonyl (C=O) groups is 1. The largest absolute Gasteiger partial charge is 0.411 e. The Morgan fingerprint density at radius 2 is 2.45 bits per heavy atom. The van der Waals surface area contributed by atoms with Crippen molar-refractivity contribution in [1.82, 2.24) is 5.32 Å². The Morgan fingerprint density at radius 3 is 2.82 bits per heavy atom. The maximum absolute atomic E-state index is 10.6. The van der Waals surface area contributed by atoms with E-state index in [0.717, 1.165) is 0 Å². The maximum atomic E-state index is 10.6. The van der Waals surface area contributed by atoms with E-state index in [1.54, 1.807) is 0 Å². The first kappa shape index (κ1) is 9.59. The summed E-state index contributed by atoms with van der Waals surface area (Å²) in [6.45, 7) is 1.55. The lowest BCUT2D eigenvalue weighted by atomic mass is 10.3. The zero-order valence-electron chi connectivity index (χ0n) is 6.16. The summed E-state index contributed by atoms with van der Waals surface area (Å²) < 4.78 is 0. The van der Waals surface area contributed by atoms with Gasteiger partial charge in [0.05, 0.1) is 12.6 Å². The van der Waals surface area contributed by atoms with Gasteiger partial charge in [-0.1, -0.05) is 5.16 Å². The molecule has 0 aliphatic heterocycles. The van der Waals surface area contributed by atoms with Gasteiger partial charge in [0.1, 0.15) is 5.71 Å². The summed E-state index contributed by atoms with van der Waals surface area (Å²) in [4.78, 5) is 10.6. The topological polar surface area (TPSA) is 85.5 Å². The van der Waals surface area contributed by atoms with Crippen LogP contribution in [0.3, 0.4) is 0 Å². The molecular weight excluding hydrogens is 146 g/mol. The van der Waals surface area contributed by atoms with Crippen molar-refractivity contribution in [3.63, 3.8) is 0 Å². The number of oxime groups is 1. The van der Waals surface area contributed by atoms with E-state index in [0.29, 0.717) is 0 Å². The zero-order chi connectivity index (χ0) is 8.69. The predicted octanol–water partition coefficient (Wildman–Crippen LogP) is -0.481. The van der Waals surface area contributed by atoms with Gasteiger partial charge in [-0.05, 0) is 0 Å². The summed E-state index contributed by atoms with van der Waals surface area (Å²) in [6.07, 6.45) is 0. The molecule has 0 aliphatic carbocycles. The van der Waals surface area contributed by atoms with Crippen LogP contribution in [0.15, 0.2) is 5.16 Å². The molecule has 0 saturated carbocycles. The van der Waals surface area contributed by atoms with E-state index in [1.807, 2.05) is 6.07 Å². The SMILES string of the molecule is CC(=O)/C(CNCC#N)=N\O. The fourth-order valence-corrected chi connectivity index (χ4v) is 0.467. The molecule has 11 heavy (non-hydrogen) atoms. The van der Waals surface area contributed by atoms with Gasteiger partial charge in [-0.15, -0.1) is 0 Å². The van der Waals surface area contributed by atoms with Crippen molar-refractivity contribution >= 4 is 11.5 Å². The first-order valence-corrected chi connectivity index (χ1v) is 3.02. The molecule has 0 bridgehead atoms. The fraction of sp³-hybridized carbons (Fsp3) is 0.500. The Labute approximate surface area is 64.3 Å². The van der Waals surface area contributed by atoms with Crippen molar-refractivity contribution in [3.8, 4) is 6.07 Å². The number of rotatable bonds is 4. The average molecular weight is 155 g/mol. The predicted molar refractivity (Wildman–Crippen MR) is 38.4 cm³/mol. The molecule has 0 fully saturated rings. The Bertz CT molecular complexity index is 204. The normalized spacial score (nSPS) is 10.7. The lowest BCUT2D eigenvalue weighted by molar-refractivity contribution is -0.111. The first-order valence-electron chi connectivity index (χ1n) is 3.02. The Morgan fingerprint density at radius 1 is 1.82 bits per heavy atom. The van der Waals surface area contributed by atoms with Gasteiger partial charge < -0.3 is 5.21 Å². The highest BCUT2D eigenvalue weighted by molar-refractivity contribution is 6.39. The van der Waals surface area contributed by atoms with Crippen LogP contribution in [0.1, 0.15) is 6.92 Å². The third-order valence-corrected chi connectivity index (χ3v) is 1.02. The molecule has 0 aromatic rings. The molecule has 5 heteroatoms. The smallest absolute Gasteiger partial charge is 0.178 e. The van der Waals surface area contributed by atoms with E-state index < -0.39 is 0 Å². The average Bonchev–Trinajstić information content (AvgIpc) is 1.97. The van der Waals surface area contributed by atoms with E-state index in [1.165, 1.54) is 6.92 Å². The number of nitriles is 1. The van der Waals surface area contributed by atoms with Crippen LogP contribution >= 0.6 is 0 Å².